The molecule has 1 heterocycles. The van der Waals surface area contributed by atoms with E-state index < -0.39 is 24.1 Å². The van der Waals surface area contributed by atoms with Crippen LogP contribution in [0.1, 0.15) is 57.1 Å². The molecule has 1 fully saturated rings. The smallest absolute Gasteiger partial charge is 0.341 e. The molecule has 1 aromatic carbocycles. The van der Waals surface area contributed by atoms with Crippen molar-refractivity contribution < 1.29 is 19.8 Å². The van der Waals surface area contributed by atoms with Gasteiger partial charge < -0.3 is 20.8 Å². The molecule has 0 saturated heterocycles. The number of carbonyl (C=O) groups is 2. The lowest BCUT2D eigenvalue weighted by Gasteiger charge is -2.32. The first-order chi connectivity index (χ1) is 13.5. The maximum Gasteiger partial charge on any atom is 0.341 e. The fourth-order valence-corrected chi connectivity index (χ4v) is 4.24. The molecule has 1 aliphatic heterocycles. The molecule has 152 valence electrons. The second kappa shape index (κ2) is 9.19. The average Bonchev–Trinajstić information content (AvgIpc) is 2.71. The Labute approximate surface area is 165 Å². The van der Waals surface area contributed by atoms with Crippen LogP contribution in [0.5, 0.6) is 5.75 Å². The quantitative estimate of drug-likeness (QED) is 0.601. The van der Waals surface area contributed by atoms with E-state index in [0.29, 0.717) is 17.7 Å². The highest BCUT2D eigenvalue weighted by atomic mass is 16.3. The summed E-state index contributed by atoms with van der Waals surface area (Å²) in [7, 11) is 0. The number of nitrogens with one attached hydrogen (secondary N) is 2. The molecule has 1 aromatic rings. The molecule has 3 amide bonds. The molecule has 0 bridgehead atoms. The number of rotatable bonds is 6. The van der Waals surface area contributed by atoms with E-state index in [1.165, 1.54) is 6.42 Å². The fraction of sp³-hybridized carbons (Fsp3) is 0.571. The minimum atomic E-state index is -0.678. The standard InChI is InChI=1S/C21H29N3O4/c1-2-16-18(20(27)22-12-17(26)13-7-4-3-5-8-13)19(24-21(28)23-16)14-9-6-10-15(25)11-14/h6,9-11,13,17-19,25-26H,2-5,7-8,12H2,1H3,(H,22,27)(H,24,28). The maximum atomic E-state index is 13.0. The van der Waals surface area contributed by atoms with E-state index in [9.17, 15) is 19.8 Å². The lowest BCUT2D eigenvalue weighted by Crippen LogP contribution is -2.49. The van der Waals surface area contributed by atoms with Crippen LogP contribution in [-0.4, -0.2) is 40.5 Å². The monoisotopic (exact) mass is 387 g/mol. The molecule has 0 aromatic heterocycles. The van der Waals surface area contributed by atoms with Gasteiger partial charge in [0.15, 0.2) is 0 Å². The molecule has 3 atom stereocenters. The van der Waals surface area contributed by atoms with Gasteiger partial charge in [-0.05, 0) is 42.9 Å². The van der Waals surface area contributed by atoms with E-state index in [1.807, 2.05) is 6.92 Å². The lowest BCUT2D eigenvalue weighted by molar-refractivity contribution is -0.124. The zero-order valence-corrected chi connectivity index (χ0v) is 16.2. The van der Waals surface area contributed by atoms with Gasteiger partial charge in [-0.25, -0.2) is 9.79 Å². The van der Waals surface area contributed by atoms with Crippen molar-refractivity contribution in [2.24, 2.45) is 16.8 Å². The number of benzene rings is 1. The summed E-state index contributed by atoms with van der Waals surface area (Å²) in [6.07, 6.45) is 5.33. The second-order valence-corrected chi connectivity index (χ2v) is 7.67. The third kappa shape index (κ3) is 4.70. The summed E-state index contributed by atoms with van der Waals surface area (Å²) in [6, 6.07) is 5.42. The molecule has 1 saturated carbocycles. The minimum absolute atomic E-state index is 0.0687. The number of aliphatic imine (C=N–C) groups is 1. The topological polar surface area (TPSA) is 111 Å². The van der Waals surface area contributed by atoms with Gasteiger partial charge >= 0.3 is 6.03 Å². The van der Waals surface area contributed by atoms with Gasteiger partial charge in [0, 0.05) is 12.3 Å². The van der Waals surface area contributed by atoms with E-state index in [4.69, 9.17) is 0 Å². The largest absolute Gasteiger partial charge is 0.508 e. The summed E-state index contributed by atoms with van der Waals surface area (Å²) >= 11 is 0. The van der Waals surface area contributed by atoms with Crippen LogP contribution >= 0.6 is 0 Å². The van der Waals surface area contributed by atoms with Gasteiger partial charge in [0.25, 0.3) is 0 Å². The predicted octanol–water partition coefficient (Wildman–Crippen LogP) is 2.68. The second-order valence-electron chi connectivity index (χ2n) is 7.67. The summed E-state index contributed by atoms with van der Waals surface area (Å²) in [5, 5.41) is 25.9. The van der Waals surface area contributed by atoms with Crippen LogP contribution < -0.4 is 10.6 Å². The highest BCUT2D eigenvalue weighted by Gasteiger charge is 2.38. The Kier molecular flexibility index (Phi) is 6.67. The molecule has 0 radical (unpaired) electrons. The summed E-state index contributed by atoms with van der Waals surface area (Å²) in [5.41, 5.74) is 1.14. The van der Waals surface area contributed by atoms with Gasteiger partial charge in [-0.3, -0.25) is 4.79 Å². The molecule has 2 aliphatic rings. The van der Waals surface area contributed by atoms with Gasteiger partial charge in [0.2, 0.25) is 5.91 Å². The number of urea groups is 1. The van der Waals surface area contributed by atoms with Crippen LogP contribution in [0.2, 0.25) is 0 Å². The predicted molar refractivity (Wildman–Crippen MR) is 106 cm³/mol. The first-order valence-corrected chi connectivity index (χ1v) is 10.1. The molecule has 4 N–H and O–H groups in total. The number of aromatic hydroxyl groups is 1. The van der Waals surface area contributed by atoms with Crippen LogP contribution in [0.3, 0.4) is 0 Å². The third-order valence-corrected chi connectivity index (χ3v) is 5.77. The molecule has 28 heavy (non-hydrogen) atoms. The zero-order valence-electron chi connectivity index (χ0n) is 16.2. The Bertz CT molecular complexity index is 743. The summed E-state index contributed by atoms with van der Waals surface area (Å²) in [5.74, 6) is -0.660. The van der Waals surface area contributed by atoms with Crippen molar-refractivity contribution in [3.05, 3.63) is 29.8 Å². The van der Waals surface area contributed by atoms with Gasteiger partial charge in [-0.1, -0.05) is 38.3 Å². The molecule has 1 aliphatic carbocycles. The first-order valence-electron chi connectivity index (χ1n) is 10.1. The van der Waals surface area contributed by atoms with E-state index in [0.717, 1.165) is 25.7 Å². The van der Waals surface area contributed by atoms with Crippen LogP contribution in [0.25, 0.3) is 0 Å². The Morgan fingerprint density at radius 2 is 2.07 bits per heavy atom. The van der Waals surface area contributed by atoms with Gasteiger partial charge in [-0.15, -0.1) is 0 Å². The molecular weight excluding hydrogens is 358 g/mol. The number of nitrogens with zero attached hydrogens (tertiary/aromatic N) is 1. The van der Waals surface area contributed by atoms with Crippen molar-refractivity contribution in [1.29, 1.82) is 0 Å². The number of amides is 3. The highest BCUT2D eigenvalue weighted by molar-refractivity contribution is 6.10. The summed E-state index contributed by atoms with van der Waals surface area (Å²) in [4.78, 5) is 29.0. The molecule has 7 heteroatoms. The van der Waals surface area contributed by atoms with Gasteiger partial charge in [-0.2, -0.15) is 0 Å². The Morgan fingerprint density at radius 3 is 2.75 bits per heavy atom. The maximum absolute atomic E-state index is 13.0. The van der Waals surface area contributed by atoms with Crippen LogP contribution in [0, 0.1) is 11.8 Å². The van der Waals surface area contributed by atoms with E-state index in [-0.39, 0.29) is 24.1 Å². The fourth-order valence-electron chi connectivity index (χ4n) is 4.24. The van der Waals surface area contributed by atoms with Gasteiger partial charge in [0.1, 0.15) is 11.7 Å². The number of phenolic OH excluding ortho intramolecular Hbond substituents is 1. The summed E-state index contributed by atoms with van der Waals surface area (Å²) in [6.45, 7) is 2.05. The Hall–Kier alpha value is -2.41. The van der Waals surface area contributed by atoms with Crippen molar-refractivity contribution in [3.8, 4) is 5.75 Å². The van der Waals surface area contributed by atoms with Crippen molar-refractivity contribution in [1.82, 2.24) is 10.6 Å². The molecule has 7 nitrogen and oxygen atoms in total. The SMILES string of the molecule is CCC1=NC(=O)NC(c2cccc(O)c2)C1C(=O)NCC(O)C1CCCCC1. The number of phenols is 1. The highest BCUT2D eigenvalue weighted by Crippen LogP contribution is 2.30. The van der Waals surface area contributed by atoms with Crippen molar-refractivity contribution in [2.45, 2.75) is 57.6 Å². The molecule has 3 rings (SSSR count). The molecule has 0 spiro atoms. The normalized spacial score (nSPS) is 24.2. The average molecular weight is 387 g/mol. The van der Waals surface area contributed by atoms with E-state index in [1.54, 1.807) is 24.3 Å². The van der Waals surface area contributed by atoms with Crippen LogP contribution in [0.4, 0.5) is 4.79 Å². The van der Waals surface area contributed by atoms with Crippen molar-refractivity contribution in [2.75, 3.05) is 6.54 Å². The van der Waals surface area contributed by atoms with E-state index in [2.05, 4.69) is 15.6 Å². The first kappa shape index (κ1) is 20.3. The minimum Gasteiger partial charge on any atom is -0.508 e. The van der Waals surface area contributed by atoms with Gasteiger partial charge in [0.05, 0.1) is 12.1 Å². The Balaban J connectivity index is 1.75. The molecular formula is C21H29N3O4. The number of aliphatic hydroxyl groups is 1. The number of hydrogen-bond donors (Lipinski definition) is 4. The van der Waals surface area contributed by atoms with Crippen LogP contribution in [-0.2, 0) is 4.79 Å². The number of carbonyl (C=O) groups excluding carboxylic acids is 2. The number of hydrogen-bond acceptors (Lipinski definition) is 4. The lowest BCUT2D eigenvalue weighted by atomic mass is 9.84. The Morgan fingerprint density at radius 1 is 1.32 bits per heavy atom. The van der Waals surface area contributed by atoms with E-state index >= 15 is 0 Å². The van der Waals surface area contributed by atoms with Crippen LogP contribution in [0.15, 0.2) is 29.3 Å². The third-order valence-electron chi connectivity index (χ3n) is 5.77. The zero-order chi connectivity index (χ0) is 20.1. The van der Waals surface area contributed by atoms with Crippen molar-refractivity contribution in [3.63, 3.8) is 0 Å². The molecule has 3 unspecified atom stereocenters. The summed E-state index contributed by atoms with van der Waals surface area (Å²) < 4.78 is 0. The number of aliphatic hydroxyl groups excluding tert-OH is 1. The van der Waals surface area contributed by atoms with Crippen molar-refractivity contribution >= 4 is 17.6 Å².